The summed E-state index contributed by atoms with van der Waals surface area (Å²) in [6, 6.07) is 2.22. The lowest BCUT2D eigenvalue weighted by molar-refractivity contribution is 0.0849. The Labute approximate surface area is 158 Å². The molecule has 0 aliphatic heterocycles. The van der Waals surface area contributed by atoms with Gasteiger partial charge in [-0.1, -0.05) is 78.1 Å². The molecule has 0 fully saturated rings. The zero-order valence-corrected chi connectivity index (χ0v) is 18.4. The first-order valence-electron chi connectivity index (χ1n) is 10.5. The summed E-state index contributed by atoms with van der Waals surface area (Å²) in [7, 11) is 1.31. The van der Waals surface area contributed by atoms with E-state index in [0.29, 0.717) is 26.4 Å². The first-order valence-corrected chi connectivity index (χ1v) is 12.7. The van der Waals surface area contributed by atoms with Crippen molar-refractivity contribution in [3.8, 4) is 0 Å². The topological polar surface area (TPSA) is 36.9 Å². The Balaban J connectivity index is 4.55. The maximum Gasteiger partial charge on any atom is 0.338 e. The lowest BCUT2D eigenvalue weighted by Crippen LogP contribution is -2.43. The van der Waals surface area contributed by atoms with Crippen LogP contribution < -0.4 is 0 Å². The Morgan fingerprint density at radius 3 is 1.28 bits per heavy atom. The van der Waals surface area contributed by atoms with Crippen LogP contribution in [0.25, 0.3) is 0 Å². The zero-order chi connectivity index (χ0) is 18.6. The van der Waals surface area contributed by atoms with Crippen molar-refractivity contribution >= 4 is 8.56 Å². The molecule has 0 aliphatic rings. The third-order valence-corrected chi connectivity index (χ3v) is 8.32. The molecule has 0 heterocycles. The van der Waals surface area contributed by atoms with Crippen LogP contribution in [0.15, 0.2) is 0 Å². The van der Waals surface area contributed by atoms with Crippen LogP contribution in [0.1, 0.15) is 78.1 Å². The monoisotopic (exact) mass is 376 g/mol. The Bertz CT molecular complexity index is 238. The minimum Gasteiger partial charge on any atom is -0.392 e. The van der Waals surface area contributed by atoms with Crippen molar-refractivity contribution in [2.24, 2.45) is 0 Å². The molecule has 0 aromatic carbocycles. The molecule has 0 aliphatic carbocycles. The van der Waals surface area contributed by atoms with Gasteiger partial charge in [0.05, 0.1) is 26.4 Å². The van der Waals surface area contributed by atoms with Crippen molar-refractivity contribution in [3.05, 3.63) is 0 Å². The van der Waals surface area contributed by atoms with Crippen molar-refractivity contribution in [2.75, 3.05) is 40.6 Å². The summed E-state index contributed by atoms with van der Waals surface area (Å²) in [5.41, 5.74) is 0. The standard InChI is InChI=1S/C20H44O4Si/c1-5-7-9-11-13-19-25(23-17-15-21-3,24-18-16-22-4)20-14-12-10-8-6-2/h5-20H2,1-4H3. The van der Waals surface area contributed by atoms with E-state index in [1.54, 1.807) is 14.2 Å². The first kappa shape index (κ1) is 25.1. The van der Waals surface area contributed by atoms with Gasteiger partial charge in [0.2, 0.25) is 0 Å². The fourth-order valence-corrected chi connectivity index (χ4v) is 6.47. The molecule has 0 rings (SSSR count). The van der Waals surface area contributed by atoms with Gasteiger partial charge in [0.1, 0.15) is 0 Å². The maximum absolute atomic E-state index is 6.37. The average Bonchev–Trinajstić information content (AvgIpc) is 2.62. The molecule has 0 amide bonds. The molecule has 5 heteroatoms. The largest absolute Gasteiger partial charge is 0.392 e. The minimum absolute atomic E-state index is 0.647. The second-order valence-corrected chi connectivity index (χ2v) is 10.3. The van der Waals surface area contributed by atoms with E-state index in [0.717, 1.165) is 12.1 Å². The molecular formula is C20H44O4Si. The van der Waals surface area contributed by atoms with Crippen molar-refractivity contribution in [2.45, 2.75) is 90.1 Å². The van der Waals surface area contributed by atoms with Crippen molar-refractivity contribution in [3.63, 3.8) is 0 Å². The highest BCUT2D eigenvalue weighted by Crippen LogP contribution is 2.26. The molecular weight excluding hydrogens is 332 g/mol. The number of hydrogen-bond acceptors (Lipinski definition) is 4. The van der Waals surface area contributed by atoms with Crippen molar-refractivity contribution in [1.29, 1.82) is 0 Å². The minimum atomic E-state index is -2.15. The smallest absolute Gasteiger partial charge is 0.338 e. The van der Waals surface area contributed by atoms with Crippen LogP contribution in [0.3, 0.4) is 0 Å². The van der Waals surface area contributed by atoms with E-state index in [-0.39, 0.29) is 0 Å². The number of rotatable bonds is 20. The molecule has 0 atom stereocenters. The van der Waals surface area contributed by atoms with E-state index < -0.39 is 8.56 Å². The second kappa shape index (κ2) is 18.8. The van der Waals surface area contributed by atoms with Crippen LogP contribution in [0, 0.1) is 0 Å². The van der Waals surface area contributed by atoms with E-state index in [1.165, 1.54) is 64.2 Å². The summed E-state index contributed by atoms with van der Waals surface area (Å²) < 4.78 is 23.1. The SMILES string of the molecule is CCCCCCC[Si](CCCCCCC)(OCCOC)OCCOC. The Morgan fingerprint density at radius 2 is 0.920 bits per heavy atom. The number of hydrogen-bond donors (Lipinski definition) is 0. The number of unbranched alkanes of at least 4 members (excludes halogenated alkanes) is 8. The summed E-state index contributed by atoms with van der Waals surface area (Å²) >= 11 is 0. The van der Waals surface area contributed by atoms with Gasteiger partial charge in [-0.05, 0) is 12.1 Å². The molecule has 4 nitrogen and oxygen atoms in total. The molecule has 0 saturated carbocycles. The fraction of sp³-hybridized carbons (Fsp3) is 1.00. The van der Waals surface area contributed by atoms with Crippen LogP contribution in [0.4, 0.5) is 0 Å². The third-order valence-electron chi connectivity index (χ3n) is 4.63. The molecule has 0 radical (unpaired) electrons. The van der Waals surface area contributed by atoms with Gasteiger partial charge < -0.3 is 18.3 Å². The summed E-state index contributed by atoms with van der Waals surface area (Å²) in [6.07, 6.45) is 12.9. The predicted octanol–water partition coefficient (Wildman–Crippen LogP) is 5.70. The molecule has 152 valence electrons. The van der Waals surface area contributed by atoms with Gasteiger partial charge in [-0.15, -0.1) is 0 Å². The van der Waals surface area contributed by atoms with Crippen LogP contribution in [-0.4, -0.2) is 49.2 Å². The molecule has 0 saturated heterocycles. The normalized spacial score (nSPS) is 12.0. The van der Waals surface area contributed by atoms with Gasteiger partial charge in [0.25, 0.3) is 0 Å². The van der Waals surface area contributed by atoms with Gasteiger partial charge >= 0.3 is 8.56 Å². The number of methoxy groups -OCH3 is 2. The van der Waals surface area contributed by atoms with Gasteiger partial charge in [0.15, 0.2) is 0 Å². The van der Waals surface area contributed by atoms with E-state index in [4.69, 9.17) is 18.3 Å². The van der Waals surface area contributed by atoms with E-state index in [2.05, 4.69) is 13.8 Å². The lowest BCUT2D eigenvalue weighted by Gasteiger charge is -2.31. The van der Waals surface area contributed by atoms with Gasteiger partial charge in [-0.2, -0.15) is 0 Å². The molecule has 0 aromatic rings. The molecule has 0 unspecified atom stereocenters. The molecule has 0 spiro atoms. The first-order chi connectivity index (χ1) is 12.2. The van der Waals surface area contributed by atoms with Crippen LogP contribution in [0.5, 0.6) is 0 Å². The Morgan fingerprint density at radius 1 is 0.520 bits per heavy atom. The fourth-order valence-electron chi connectivity index (χ4n) is 3.07. The van der Waals surface area contributed by atoms with E-state index >= 15 is 0 Å². The van der Waals surface area contributed by atoms with E-state index in [1.807, 2.05) is 0 Å². The molecule has 0 bridgehead atoms. The summed E-state index contributed by atoms with van der Waals surface area (Å²) in [6.45, 7) is 7.12. The van der Waals surface area contributed by atoms with E-state index in [9.17, 15) is 0 Å². The highest BCUT2D eigenvalue weighted by Gasteiger charge is 2.36. The van der Waals surface area contributed by atoms with Crippen LogP contribution in [0.2, 0.25) is 12.1 Å². The quantitative estimate of drug-likeness (QED) is 0.202. The molecule has 0 aromatic heterocycles. The third kappa shape index (κ3) is 14.9. The van der Waals surface area contributed by atoms with Crippen molar-refractivity contribution in [1.82, 2.24) is 0 Å². The van der Waals surface area contributed by atoms with Gasteiger partial charge in [0, 0.05) is 14.2 Å². The van der Waals surface area contributed by atoms with Crippen LogP contribution in [-0.2, 0) is 18.3 Å². The lowest BCUT2D eigenvalue weighted by atomic mass is 10.2. The highest BCUT2D eigenvalue weighted by molar-refractivity contribution is 6.67. The highest BCUT2D eigenvalue weighted by atomic mass is 28.4. The van der Waals surface area contributed by atoms with Crippen molar-refractivity contribution < 1.29 is 18.3 Å². The Kier molecular flexibility index (Phi) is 18.9. The van der Waals surface area contributed by atoms with Crippen LogP contribution >= 0.6 is 0 Å². The maximum atomic E-state index is 6.37. The summed E-state index contributed by atoms with van der Waals surface area (Å²) in [5, 5.41) is 0. The zero-order valence-electron chi connectivity index (χ0n) is 17.4. The second-order valence-electron chi connectivity index (χ2n) is 6.92. The predicted molar refractivity (Wildman–Crippen MR) is 109 cm³/mol. The van der Waals surface area contributed by atoms with Gasteiger partial charge in [-0.25, -0.2) is 0 Å². The van der Waals surface area contributed by atoms with Gasteiger partial charge in [-0.3, -0.25) is 0 Å². The number of ether oxygens (including phenoxy) is 2. The Hall–Kier alpha value is 0.0569. The summed E-state index contributed by atoms with van der Waals surface area (Å²) in [4.78, 5) is 0. The molecule has 0 N–H and O–H groups in total. The summed E-state index contributed by atoms with van der Waals surface area (Å²) in [5.74, 6) is 0. The average molecular weight is 377 g/mol. The molecule has 25 heavy (non-hydrogen) atoms.